The van der Waals surface area contributed by atoms with Crippen molar-refractivity contribution in [3.05, 3.63) is 29.3 Å². The summed E-state index contributed by atoms with van der Waals surface area (Å²) in [6, 6.07) is 4.74. The molecule has 1 aromatic rings. The van der Waals surface area contributed by atoms with Crippen molar-refractivity contribution in [2.75, 3.05) is 19.8 Å². The number of hydrogen-bond acceptors (Lipinski definition) is 5. The van der Waals surface area contributed by atoms with E-state index in [-0.39, 0.29) is 5.78 Å². The minimum absolute atomic E-state index is 0.0196. The molecule has 2 aliphatic heterocycles. The molecule has 3 N–H and O–H groups in total. The molecular weight excluding hydrogens is 298 g/mol. The Morgan fingerprint density at radius 1 is 1.39 bits per heavy atom. The zero-order valence-electron chi connectivity index (χ0n) is 12.7. The number of likely N-dealkylation sites (tertiary alicyclic amines) is 1. The van der Waals surface area contributed by atoms with E-state index < -0.39 is 11.5 Å². The fourth-order valence-corrected chi connectivity index (χ4v) is 3.21. The Morgan fingerprint density at radius 2 is 2.13 bits per heavy atom. The van der Waals surface area contributed by atoms with Crippen LogP contribution in [-0.2, 0) is 4.79 Å². The Labute approximate surface area is 133 Å². The smallest absolute Gasteiger partial charge is 0.248 e. The molecule has 2 amide bonds. The summed E-state index contributed by atoms with van der Waals surface area (Å²) in [5.41, 5.74) is 5.51. The second-order valence-corrected chi connectivity index (χ2v) is 6.06. The first kappa shape index (κ1) is 15.5. The fourth-order valence-electron chi connectivity index (χ4n) is 3.21. The summed E-state index contributed by atoms with van der Waals surface area (Å²) in [6.45, 7) is 2.01. The van der Waals surface area contributed by atoms with Crippen molar-refractivity contribution in [2.24, 2.45) is 5.73 Å². The van der Waals surface area contributed by atoms with E-state index in [1.165, 1.54) is 6.07 Å². The zero-order valence-corrected chi connectivity index (χ0v) is 12.7. The van der Waals surface area contributed by atoms with E-state index >= 15 is 0 Å². The molecule has 0 bridgehead atoms. The van der Waals surface area contributed by atoms with Crippen LogP contribution in [0.4, 0.5) is 0 Å². The highest BCUT2D eigenvalue weighted by molar-refractivity contribution is 6.03. The van der Waals surface area contributed by atoms with Gasteiger partial charge in [0.15, 0.2) is 5.78 Å². The lowest BCUT2D eigenvalue weighted by atomic mass is 9.82. The molecule has 0 aromatic heterocycles. The molecule has 1 saturated heterocycles. The molecule has 0 unspecified atom stereocenters. The van der Waals surface area contributed by atoms with Crippen molar-refractivity contribution in [3.8, 4) is 5.75 Å². The molecule has 0 aliphatic carbocycles. The molecule has 1 fully saturated rings. The number of Topliss-reactive ketones (excluding diaryl/α,β-unsaturated/α-hetero) is 1. The molecule has 3 rings (SSSR count). The van der Waals surface area contributed by atoms with Crippen LogP contribution in [0.3, 0.4) is 0 Å². The van der Waals surface area contributed by atoms with Gasteiger partial charge in [-0.15, -0.1) is 0 Å². The van der Waals surface area contributed by atoms with E-state index in [0.29, 0.717) is 36.4 Å². The maximum absolute atomic E-state index is 12.5. The molecule has 1 aromatic carbocycles. The van der Waals surface area contributed by atoms with Gasteiger partial charge in [-0.1, -0.05) is 0 Å². The predicted molar refractivity (Wildman–Crippen MR) is 82.1 cm³/mol. The molecule has 7 heteroatoms. The topological polar surface area (TPSA) is 102 Å². The van der Waals surface area contributed by atoms with Crippen LogP contribution < -0.4 is 15.8 Å². The van der Waals surface area contributed by atoms with Crippen molar-refractivity contribution in [1.82, 2.24) is 10.2 Å². The van der Waals surface area contributed by atoms with Gasteiger partial charge in [0.1, 0.15) is 11.4 Å². The van der Waals surface area contributed by atoms with Crippen molar-refractivity contribution in [2.45, 2.75) is 24.9 Å². The fraction of sp³-hybridized carbons (Fsp3) is 0.438. The lowest BCUT2D eigenvalue weighted by molar-refractivity contribution is -0.110. The number of fused-ring (bicyclic) bond motifs is 1. The zero-order chi connectivity index (χ0) is 16.4. The summed E-state index contributed by atoms with van der Waals surface area (Å²) in [4.78, 5) is 36.2. The van der Waals surface area contributed by atoms with Crippen LogP contribution in [0.1, 0.15) is 40.0 Å². The van der Waals surface area contributed by atoms with Gasteiger partial charge in [0.25, 0.3) is 0 Å². The summed E-state index contributed by atoms with van der Waals surface area (Å²) in [6.07, 6.45) is 2.42. The summed E-state index contributed by atoms with van der Waals surface area (Å²) in [5, 5.41) is 2.64. The number of nitrogens with one attached hydrogen (secondary N) is 1. The molecule has 2 aliphatic rings. The van der Waals surface area contributed by atoms with Gasteiger partial charge in [-0.05, 0) is 18.2 Å². The average Bonchev–Trinajstić information content (AvgIpc) is 2.54. The Kier molecular flexibility index (Phi) is 4.04. The van der Waals surface area contributed by atoms with Gasteiger partial charge < -0.3 is 15.8 Å². The Balaban J connectivity index is 1.75. The first-order valence-corrected chi connectivity index (χ1v) is 7.58. The number of nitrogens with two attached hydrogens (primary N) is 1. The maximum Gasteiger partial charge on any atom is 0.248 e. The summed E-state index contributed by atoms with van der Waals surface area (Å²) >= 11 is 0. The standard InChI is InChI=1S/C16H19N3O4/c17-15(22)11-1-2-14-12(7-11)13(21)8-16(23-14)3-5-19(6-4-16)9-18-10-20/h1-2,7,10H,3-6,8-9H2,(H2,17,22)(H,18,20). The lowest BCUT2D eigenvalue weighted by Crippen LogP contribution is -2.52. The number of primary amides is 1. The first-order valence-electron chi connectivity index (χ1n) is 7.58. The third kappa shape index (κ3) is 3.05. The van der Waals surface area contributed by atoms with E-state index in [2.05, 4.69) is 10.2 Å². The van der Waals surface area contributed by atoms with Crippen LogP contribution in [0.15, 0.2) is 18.2 Å². The first-order chi connectivity index (χ1) is 11.0. The van der Waals surface area contributed by atoms with Crippen molar-refractivity contribution in [3.63, 3.8) is 0 Å². The Hall–Kier alpha value is -2.41. The van der Waals surface area contributed by atoms with E-state index in [1.54, 1.807) is 12.1 Å². The molecule has 0 radical (unpaired) electrons. The van der Waals surface area contributed by atoms with Gasteiger partial charge in [-0.25, -0.2) is 0 Å². The van der Waals surface area contributed by atoms with E-state index in [1.807, 2.05) is 0 Å². The van der Waals surface area contributed by atoms with Crippen molar-refractivity contribution < 1.29 is 19.1 Å². The normalized spacial score (nSPS) is 19.7. The SMILES string of the molecule is NC(=O)c1ccc2c(c1)C(=O)CC1(CCN(CNC=O)CC1)O2. The maximum atomic E-state index is 12.5. The minimum atomic E-state index is -0.558. The number of amides is 2. The van der Waals surface area contributed by atoms with Crippen LogP contribution in [-0.4, -0.2) is 48.4 Å². The molecule has 23 heavy (non-hydrogen) atoms. The highest BCUT2D eigenvalue weighted by Crippen LogP contribution is 2.39. The van der Waals surface area contributed by atoms with Crippen LogP contribution in [0, 0.1) is 0 Å². The van der Waals surface area contributed by atoms with Crippen LogP contribution >= 0.6 is 0 Å². The number of ketones is 1. The largest absolute Gasteiger partial charge is 0.486 e. The number of ether oxygens (including phenoxy) is 1. The quantitative estimate of drug-likeness (QED) is 0.777. The van der Waals surface area contributed by atoms with Gasteiger partial charge in [-0.2, -0.15) is 0 Å². The van der Waals surface area contributed by atoms with E-state index in [0.717, 1.165) is 25.9 Å². The third-order valence-electron chi connectivity index (χ3n) is 4.54. The Morgan fingerprint density at radius 3 is 2.78 bits per heavy atom. The molecule has 2 heterocycles. The number of piperidine rings is 1. The molecule has 0 saturated carbocycles. The van der Waals surface area contributed by atoms with Gasteiger partial charge >= 0.3 is 0 Å². The molecule has 1 spiro atoms. The number of carbonyl (C=O) groups excluding carboxylic acids is 3. The highest BCUT2D eigenvalue weighted by Gasteiger charge is 2.42. The number of carbonyl (C=O) groups is 3. The van der Waals surface area contributed by atoms with E-state index in [9.17, 15) is 14.4 Å². The van der Waals surface area contributed by atoms with Gasteiger partial charge in [0.2, 0.25) is 12.3 Å². The van der Waals surface area contributed by atoms with Crippen LogP contribution in [0.2, 0.25) is 0 Å². The lowest BCUT2D eigenvalue weighted by Gasteiger charge is -2.43. The average molecular weight is 317 g/mol. The molecule has 122 valence electrons. The van der Waals surface area contributed by atoms with Crippen LogP contribution in [0.5, 0.6) is 5.75 Å². The van der Waals surface area contributed by atoms with Gasteiger partial charge in [0, 0.05) is 31.5 Å². The molecule has 7 nitrogen and oxygen atoms in total. The summed E-state index contributed by atoms with van der Waals surface area (Å²) in [5.74, 6) is -0.0589. The van der Waals surface area contributed by atoms with Gasteiger partial charge in [-0.3, -0.25) is 19.3 Å². The van der Waals surface area contributed by atoms with E-state index in [4.69, 9.17) is 10.5 Å². The number of rotatable bonds is 4. The number of benzene rings is 1. The van der Waals surface area contributed by atoms with Crippen molar-refractivity contribution >= 4 is 18.1 Å². The molecular formula is C16H19N3O4. The second kappa shape index (κ2) is 6.00. The monoisotopic (exact) mass is 317 g/mol. The van der Waals surface area contributed by atoms with Crippen LogP contribution in [0.25, 0.3) is 0 Å². The minimum Gasteiger partial charge on any atom is -0.486 e. The predicted octanol–water partition coefficient (Wildman–Crippen LogP) is 0.289. The van der Waals surface area contributed by atoms with Crippen molar-refractivity contribution in [1.29, 1.82) is 0 Å². The molecule has 0 atom stereocenters. The summed E-state index contributed by atoms with van der Waals surface area (Å²) < 4.78 is 6.13. The highest BCUT2D eigenvalue weighted by atomic mass is 16.5. The van der Waals surface area contributed by atoms with Gasteiger partial charge in [0.05, 0.1) is 18.7 Å². The number of nitrogens with zero attached hydrogens (tertiary/aromatic N) is 1. The Bertz CT molecular complexity index is 651. The third-order valence-corrected chi connectivity index (χ3v) is 4.54. The number of hydrogen-bond donors (Lipinski definition) is 2. The second-order valence-electron chi connectivity index (χ2n) is 6.06. The summed E-state index contributed by atoms with van der Waals surface area (Å²) in [7, 11) is 0.